The zero-order valence-electron chi connectivity index (χ0n) is 16.0. The fourth-order valence-corrected chi connectivity index (χ4v) is 4.95. The lowest BCUT2D eigenvalue weighted by atomic mass is 10.2. The van der Waals surface area contributed by atoms with E-state index in [0.717, 1.165) is 14.2 Å². The van der Waals surface area contributed by atoms with Crippen molar-refractivity contribution >= 4 is 39.4 Å². The zero-order valence-corrected chi connectivity index (χ0v) is 17.6. The molecule has 0 aliphatic rings. The van der Waals surface area contributed by atoms with Crippen LogP contribution in [0.15, 0.2) is 28.5 Å². The third-order valence-corrected chi connectivity index (χ3v) is 6.67. The Hall–Kier alpha value is -2.92. The summed E-state index contributed by atoms with van der Waals surface area (Å²) >= 11 is 0.541. The van der Waals surface area contributed by atoms with Crippen molar-refractivity contribution in [3.05, 3.63) is 45.8 Å². The molecule has 0 unspecified atom stereocenters. The minimum absolute atomic E-state index is 0.0623. The summed E-state index contributed by atoms with van der Waals surface area (Å²) in [6.45, 7) is 3.26. The molecule has 2 aromatic rings. The Kier molecular flexibility index (Phi) is 6.98. The monoisotopic (exact) mass is 442 g/mol. The molecule has 0 aliphatic heterocycles. The van der Waals surface area contributed by atoms with Crippen LogP contribution in [-0.2, 0) is 24.3 Å². The summed E-state index contributed by atoms with van der Waals surface area (Å²) in [5.74, 6) is -2.39. The van der Waals surface area contributed by atoms with Crippen LogP contribution in [0.4, 0.5) is 0 Å². The van der Waals surface area contributed by atoms with Crippen molar-refractivity contribution in [2.75, 3.05) is 20.8 Å². The summed E-state index contributed by atoms with van der Waals surface area (Å²) in [6, 6.07) is 5.21. The second-order valence-corrected chi connectivity index (χ2v) is 8.25. The summed E-state index contributed by atoms with van der Waals surface area (Å²) in [5, 5.41) is 0. The lowest BCUT2D eigenvalue weighted by Gasteiger charge is -2.08. The van der Waals surface area contributed by atoms with Crippen molar-refractivity contribution in [2.24, 2.45) is 0 Å². The molecule has 2 rings (SSSR count). The Morgan fingerprint density at radius 2 is 1.55 bits per heavy atom. The quantitative estimate of drug-likeness (QED) is 0.362. The van der Waals surface area contributed by atoms with E-state index in [-0.39, 0.29) is 33.9 Å². The van der Waals surface area contributed by atoms with Crippen molar-refractivity contribution < 1.29 is 41.2 Å². The van der Waals surface area contributed by atoms with Crippen LogP contribution < -0.4 is 4.18 Å². The van der Waals surface area contributed by atoms with Gasteiger partial charge in [0.1, 0.15) is 10.6 Å². The molecule has 156 valence electrons. The summed E-state index contributed by atoms with van der Waals surface area (Å²) in [5.41, 5.74) is 0.0152. The third-order valence-electron chi connectivity index (χ3n) is 3.67. The topological polar surface area (TPSA) is 122 Å². The number of thiophene rings is 1. The summed E-state index contributed by atoms with van der Waals surface area (Å²) < 4.78 is 44.2. The van der Waals surface area contributed by atoms with E-state index >= 15 is 0 Å². The number of methoxy groups -OCH3 is 2. The molecule has 1 aromatic heterocycles. The Morgan fingerprint density at radius 3 is 2.07 bits per heavy atom. The van der Waals surface area contributed by atoms with Gasteiger partial charge in [-0.1, -0.05) is 0 Å². The van der Waals surface area contributed by atoms with E-state index in [1.807, 2.05) is 0 Å². The van der Waals surface area contributed by atoms with E-state index in [2.05, 4.69) is 9.47 Å². The van der Waals surface area contributed by atoms with Gasteiger partial charge in [0, 0.05) is 0 Å². The van der Waals surface area contributed by atoms with E-state index in [9.17, 15) is 22.8 Å². The molecule has 1 heterocycles. The normalized spacial score (nSPS) is 10.9. The predicted molar refractivity (Wildman–Crippen MR) is 102 cm³/mol. The van der Waals surface area contributed by atoms with Gasteiger partial charge in [-0.25, -0.2) is 14.4 Å². The molecular weight excluding hydrogens is 424 g/mol. The predicted octanol–water partition coefficient (Wildman–Crippen LogP) is 2.57. The van der Waals surface area contributed by atoms with Gasteiger partial charge in [0.2, 0.25) is 0 Å². The number of carbonyl (C=O) groups excluding carboxylic acids is 3. The lowest BCUT2D eigenvalue weighted by Crippen LogP contribution is -2.14. The average molecular weight is 442 g/mol. The first-order chi connectivity index (χ1) is 13.7. The van der Waals surface area contributed by atoms with E-state index in [1.165, 1.54) is 31.2 Å². The van der Waals surface area contributed by atoms with E-state index in [1.54, 1.807) is 6.92 Å². The highest BCUT2D eigenvalue weighted by atomic mass is 32.3. The molecule has 0 N–H and O–H groups in total. The average Bonchev–Trinajstić information content (AvgIpc) is 3.05. The first kappa shape index (κ1) is 22.4. The maximum atomic E-state index is 12.8. The second-order valence-electron chi connectivity index (χ2n) is 5.48. The maximum Gasteiger partial charge on any atom is 0.349 e. The Labute approximate surface area is 171 Å². The number of benzene rings is 1. The molecule has 1 aromatic carbocycles. The maximum absolute atomic E-state index is 12.8. The number of hydrogen-bond donors (Lipinski definition) is 0. The van der Waals surface area contributed by atoms with Gasteiger partial charge >= 0.3 is 28.0 Å². The van der Waals surface area contributed by atoms with Gasteiger partial charge in [0.25, 0.3) is 0 Å². The molecule has 11 heteroatoms. The number of esters is 3. The second kappa shape index (κ2) is 9.05. The molecule has 0 atom stereocenters. The van der Waals surface area contributed by atoms with Crippen LogP contribution in [0, 0.1) is 6.92 Å². The van der Waals surface area contributed by atoms with Crippen LogP contribution in [-0.4, -0.2) is 47.2 Å². The smallest absolute Gasteiger partial charge is 0.349 e. The first-order valence-corrected chi connectivity index (χ1v) is 10.4. The van der Waals surface area contributed by atoms with Crippen molar-refractivity contribution in [1.82, 2.24) is 0 Å². The van der Waals surface area contributed by atoms with Crippen molar-refractivity contribution in [3.8, 4) is 5.75 Å². The number of carbonyl (C=O) groups is 3. The van der Waals surface area contributed by atoms with Crippen molar-refractivity contribution in [1.29, 1.82) is 0 Å². The Bertz CT molecular complexity index is 1030. The Balaban J connectivity index is 2.44. The van der Waals surface area contributed by atoms with Gasteiger partial charge in [-0.15, -0.1) is 11.3 Å². The molecule has 29 heavy (non-hydrogen) atoms. The number of rotatable bonds is 7. The number of hydrogen-bond acceptors (Lipinski definition) is 10. The van der Waals surface area contributed by atoms with E-state index in [4.69, 9.17) is 8.92 Å². The van der Waals surface area contributed by atoms with E-state index in [0.29, 0.717) is 11.3 Å². The highest BCUT2D eigenvalue weighted by molar-refractivity contribution is 7.89. The largest absolute Gasteiger partial charge is 0.465 e. The molecule has 0 radical (unpaired) electrons. The number of ether oxygens (including phenoxy) is 3. The minimum Gasteiger partial charge on any atom is -0.465 e. The molecule has 9 nitrogen and oxygen atoms in total. The standard InChI is InChI=1S/C18H18O9S2/c1-5-26-15(19)11-6-8-12(9-7-11)27-29(22,23)18-13(16(20)24-3)10(2)14(28-18)17(21)25-4/h6-9H,5H2,1-4H3. The zero-order chi connectivity index (χ0) is 21.8. The van der Waals surface area contributed by atoms with Crippen molar-refractivity contribution in [3.63, 3.8) is 0 Å². The van der Waals surface area contributed by atoms with Crippen molar-refractivity contribution in [2.45, 2.75) is 18.1 Å². The Morgan fingerprint density at radius 1 is 0.966 bits per heavy atom. The highest BCUT2D eigenvalue weighted by Gasteiger charge is 2.34. The summed E-state index contributed by atoms with van der Waals surface area (Å²) in [7, 11) is -2.27. The van der Waals surface area contributed by atoms with Crippen LogP contribution in [0.25, 0.3) is 0 Å². The minimum atomic E-state index is -4.49. The van der Waals surface area contributed by atoms with Crippen LogP contribution in [0.5, 0.6) is 5.75 Å². The van der Waals surface area contributed by atoms with Gasteiger partial charge < -0.3 is 18.4 Å². The molecule has 0 saturated heterocycles. The first-order valence-electron chi connectivity index (χ1n) is 8.17. The van der Waals surface area contributed by atoms with Crippen LogP contribution in [0.3, 0.4) is 0 Å². The fraction of sp³-hybridized carbons (Fsp3) is 0.278. The van der Waals surface area contributed by atoms with E-state index < -0.39 is 32.2 Å². The van der Waals surface area contributed by atoms with Gasteiger partial charge in [-0.2, -0.15) is 8.42 Å². The summed E-state index contributed by atoms with van der Waals surface area (Å²) in [4.78, 5) is 35.6. The van der Waals surface area contributed by atoms with Crippen LogP contribution >= 0.6 is 11.3 Å². The fourth-order valence-electron chi connectivity index (χ4n) is 2.31. The molecule has 0 bridgehead atoms. The van der Waals surface area contributed by atoms with Gasteiger partial charge in [-0.3, -0.25) is 0 Å². The molecule has 0 saturated carbocycles. The lowest BCUT2D eigenvalue weighted by molar-refractivity contribution is 0.0524. The SMILES string of the molecule is CCOC(=O)c1ccc(OS(=O)(=O)c2sc(C(=O)OC)c(C)c2C(=O)OC)cc1. The molecule has 0 amide bonds. The van der Waals surface area contributed by atoms with Gasteiger partial charge in [0.05, 0.1) is 32.0 Å². The molecule has 0 fully saturated rings. The van der Waals surface area contributed by atoms with Crippen LogP contribution in [0.2, 0.25) is 0 Å². The highest BCUT2D eigenvalue weighted by Crippen LogP contribution is 2.34. The van der Waals surface area contributed by atoms with Gasteiger partial charge in [0.15, 0.2) is 4.21 Å². The van der Waals surface area contributed by atoms with Crippen LogP contribution in [0.1, 0.15) is 42.9 Å². The molecule has 0 aliphatic carbocycles. The van der Waals surface area contributed by atoms with Gasteiger partial charge in [-0.05, 0) is 43.7 Å². The molecule has 0 spiro atoms. The third kappa shape index (κ3) is 4.74. The summed E-state index contributed by atoms with van der Waals surface area (Å²) in [6.07, 6.45) is 0. The molecular formula is C18H18O9S2.